The van der Waals surface area contributed by atoms with E-state index < -0.39 is 0 Å². The van der Waals surface area contributed by atoms with Crippen LogP contribution in [0.15, 0.2) is 97.1 Å². The quantitative estimate of drug-likeness (QED) is 0.199. The summed E-state index contributed by atoms with van der Waals surface area (Å²) in [7, 11) is 0. The van der Waals surface area contributed by atoms with Crippen molar-refractivity contribution < 1.29 is 4.79 Å². The summed E-state index contributed by atoms with van der Waals surface area (Å²) in [5.74, 6) is 12.3. The first-order valence-electron chi connectivity index (χ1n) is 29.1. The molecule has 4 aromatic carbocycles. The Hall–Kier alpha value is -3.45. The smallest absolute Gasteiger partial charge is 0.148 e. The van der Waals surface area contributed by atoms with Gasteiger partial charge in [-0.2, -0.15) is 0 Å². The zero-order valence-corrected chi connectivity index (χ0v) is 45.6. The van der Waals surface area contributed by atoms with Gasteiger partial charge in [0.2, 0.25) is 0 Å². The van der Waals surface area contributed by atoms with Crippen LogP contribution in [0.1, 0.15) is 215 Å². The third-order valence-electron chi connectivity index (χ3n) is 22.4. The van der Waals surface area contributed by atoms with Gasteiger partial charge < -0.3 is 0 Å². The van der Waals surface area contributed by atoms with E-state index >= 15 is 4.79 Å². The molecule has 0 bridgehead atoms. The van der Waals surface area contributed by atoms with Crippen molar-refractivity contribution >= 4 is 5.78 Å². The maximum atomic E-state index is 16.4. The summed E-state index contributed by atoms with van der Waals surface area (Å²) < 4.78 is 0. The van der Waals surface area contributed by atoms with Gasteiger partial charge in [0.25, 0.3) is 0 Å². The zero-order chi connectivity index (χ0) is 49.0. The maximum absolute atomic E-state index is 16.4. The second-order valence-corrected chi connectivity index (χ2v) is 29.8. The Bertz CT molecular complexity index is 2520. The van der Waals surface area contributed by atoms with Gasteiger partial charge in [0.1, 0.15) is 5.78 Å². The Morgan fingerprint density at radius 3 is 1.04 bits per heavy atom. The second kappa shape index (κ2) is 16.8. The second-order valence-electron chi connectivity index (χ2n) is 29.8. The van der Waals surface area contributed by atoms with Crippen LogP contribution in [0.5, 0.6) is 0 Å². The first kappa shape index (κ1) is 47.5. The van der Waals surface area contributed by atoms with Crippen molar-refractivity contribution in [1.82, 2.24) is 0 Å². The molecule has 8 aliphatic rings. The molecule has 70 heavy (non-hydrogen) atoms. The van der Waals surface area contributed by atoms with E-state index in [-0.39, 0.29) is 33.5 Å². The lowest BCUT2D eigenvalue weighted by Gasteiger charge is -2.59. The fourth-order valence-electron chi connectivity index (χ4n) is 19.7. The Morgan fingerprint density at radius 2 is 0.657 bits per heavy atom. The molecule has 372 valence electrons. The number of carbonyl (C=O) groups excluding carboxylic acids is 1. The lowest BCUT2D eigenvalue weighted by atomic mass is 9.46. The van der Waals surface area contributed by atoms with E-state index in [1.54, 1.807) is 11.1 Å². The SMILES string of the molecule is CC(C)(C)c1cc(C2C(=O)C(c3cc(C(C)(C)C)cc(C(C)(C)C)c3)C3C4CC5C(CC6C7C5CCCC7C5C(c7ccccc7)CCC(c7ccccc7)C65)C5CCCC(C54)C23)cc(C(C)(C)C)c1. The largest absolute Gasteiger partial charge is 0.298 e. The molecule has 18 unspecified atom stereocenters. The minimum Gasteiger partial charge on any atom is -0.298 e. The van der Waals surface area contributed by atoms with Gasteiger partial charge >= 0.3 is 0 Å². The molecule has 0 saturated heterocycles. The van der Waals surface area contributed by atoms with Crippen molar-refractivity contribution in [3.63, 3.8) is 0 Å². The summed E-state index contributed by atoms with van der Waals surface area (Å²) in [4.78, 5) is 16.4. The van der Waals surface area contributed by atoms with Crippen molar-refractivity contribution in [3.05, 3.63) is 142 Å². The van der Waals surface area contributed by atoms with Gasteiger partial charge in [-0.15, -0.1) is 0 Å². The summed E-state index contributed by atoms with van der Waals surface area (Å²) in [5.41, 5.74) is 11.6. The van der Waals surface area contributed by atoms with E-state index in [0.29, 0.717) is 41.3 Å². The molecule has 1 heteroatoms. The fourth-order valence-corrected chi connectivity index (χ4v) is 19.7. The first-order chi connectivity index (χ1) is 33.2. The number of benzene rings is 4. The predicted molar refractivity (Wildman–Crippen MR) is 292 cm³/mol. The minimum atomic E-state index is -0.0365. The molecule has 1 nitrogen and oxygen atoms in total. The van der Waals surface area contributed by atoms with Crippen LogP contribution in [0, 0.1) is 82.9 Å². The Balaban J connectivity index is 0.998. The molecule has 0 aromatic heterocycles. The lowest BCUT2D eigenvalue weighted by molar-refractivity contribution is -0.124. The highest BCUT2D eigenvalue weighted by atomic mass is 16.1. The highest BCUT2D eigenvalue weighted by molar-refractivity contribution is 5.95. The Morgan fingerprint density at radius 1 is 0.329 bits per heavy atom. The molecule has 0 amide bonds. The molecule has 8 fully saturated rings. The van der Waals surface area contributed by atoms with Crippen molar-refractivity contribution in [2.75, 3.05) is 0 Å². The van der Waals surface area contributed by atoms with Gasteiger partial charge in [-0.25, -0.2) is 0 Å². The maximum Gasteiger partial charge on any atom is 0.148 e. The van der Waals surface area contributed by atoms with Crippen molar-refractivity contribution in [2.24, 2.45) is 82.9 Å². The number of carbonyl (C=O) groups is 1. The molecule has 0 aliphatic heterocycles. The molecule has 12 rings (SSSR count). The van der Waals surface area contributed by atoms with Crippen LogP contribution in [-0.2, 0) is 26.5 Å². The summed E-state index contributed by atoms with van der Waals surface area (Å²) in [6.45, 7) is 28.6. The van der Waals surface area contributed by atoms with Crippen molar-refractivity contribution in [1.29, 1.82) is 0 Å². The van der Waals surface area contributed by atoms with Gasteiger partial charge in [-0.1, -0.05) is 193 Å². The van der Waals surface area contributed by atoms with Crippen LogP contribution in [-0.4, -0.2) is 5.78 Å². The van der Waals surface area contributed by atoms with Crippen molar-refractivity contribution in [3.8, 4) is 0 Å². The molecular formula is C69H90O. The van der Waals surface area contributed by atoms with E-state index in [1.807, 2.05) is 0 Å². The third kappa shape index (κ3) is 7.57. The number of rotatable bonds is 4. The number of ketones is 1. The van der Waals surface area contributed by atoms with Gasteiger partial charge in [0, 0.05) is 11.8 Å². The summed E-state index contributed by atoms with van der Waals surface area (Å²) >= 11 is 0. The predicted octanol–water partition coefficient (Wildman–Crippen LogP) is 17.5. The number of fused-ring (bicyclic) bond motifs is 9. The van der Waals surface area contributed by atoms with Crippen LogP contribution >= 0.6 is 0 Å². The minimum absolute atomic E-state index is 0.000405. The average molecular weight is 935 g/mol. The van der Waals surface area contributed by atoms with E-state index in [0.717, 1.165) is 59.2 Å². The monoisotopic (exact) mass is 935 g/mol. The molecule has 0 heterocycles. The van der Waals surface area contributed by atoms with Crippen LogP contribution in [0.3, 0.4) is 0 Å². The van der Waals surface area contributed by atoms with E-state index in [1.165, 1.54) is 97.6 Å². The van der Waals surface area contributed by atoms with E-state index in [9.17, 15) is 0 Å². The van der Waals surface area contributed by atoms with Gasteiger partial charge in [0.15, 0.2) is 0 Å². The lowest BCUT2D eigenvalue weighted by Crippen LogP contribution is -2.53. The Labute approximate surface area is 425 Å². The van der Waals surface area contributed by atoms with E-state index in [4.69, 9.17) is 0 Å². The van der Waals surface area contributed by atoms with Crippen molar-refractivity contribution in [2.45, 2.75) is 193 Å². The van der Waals surface area contributed by atoms with Gasteiger partial charge in [-0.05, 0) is 212 Å². The van der Waals surface area contributed by atoms with E-state index in [2.05, 4.69) is 180 Å². The van der Waals surface area contributed by atoms with Crippen LogP contribution < -0.4 is 0 Å². The normalized spacial score (nSPS) is 38.9. The number of Topliss-reactive ketones (excluding diaryl/α,β-unsaturated/α-hetero) is 1. The van der Waals surface area contributed by atoms with Gasteiger partial charge in [-0.3, -0.25) is 4.79 Å². The summed E-state index contributed by atoms with van der Waals surface area (Å²) in [5, 5.41) is 0. The van der Waals surface area contributed by atoms with Crippen LogP contribution in [0.25, 0.3) is 0 Å². The number of hydrogen-bond donors (Lipinski definition) is 0. The highest BCUT2D eigenvalue weighted by Gasteiger charge is 2.70. The zero-order valence-electron chi connectivity index (χ0n) is 45.6. The summed E-state index contributed by atoms with van der Waals surface area (Å²) in [6, 6.07) is 39.1. The molecule has 8 saturated carbocycles. The van der Waals surface area contributed by atoms with Crippen LogP contribution in [0.2, 0.25) is 0 Å². The average Bonchev–Trinajstić information content (AvgIpc) is 3.94. The molecule has 8 aliphatic carbocycles. The molecule has 0 N–H and O–H groups in total. The molecule has 0 spiro atoms. The van der Waals surface area contributed by atoms with Crippen LogP contribution in [0.4, 0.5) is 0 Å². The Kier molecular flexibility index (Phi) is 11.4. The van der Waals surface area contributed by atoms with Gasteiger partial charge in [0.05, 0.1) is 0 Å². The molecular weight excluding hydrogens is 845 g/mol. The summed E-state index contributed by atoms with van der Waals surface area (Å²) in [6.07, 6.45) is 14.0. The number of hydrogen-bond acceptors (Lipinski definition) is 1. The highest BCUT2D eigenvalue weighted by Crippen LogP contribution is 2.76. The fraction of sp³-hybridized carbons (Fsp3) is 0.638. The molecule has 18 atom stereocenters. The third-order valence-corrected chi connectivity index (χ3v) is 22.4. The standard InChI is InChI=1S/C69H90O/c1-66(2,3)43-31-41(32-44(35-43)67(4,5)6)57-63-52-28-20-26-50-53-37-55-59-49(25-19-27-51(59)61-47(39-21-15-13-16-22-39)29-30-48(62(55)61)40-23-17-14-18-24-40)54(53)38-56(60(50)52)64(63)58(65(57)70)42-33-45(68(7,8)9)36-46(34-42)69(10,11)12/h13-18,21-24,31-36,47-64H,19-20,25-30,37-38H2,1-12H3. The topological polar surface area (TPSA) is 17.1 Å². The molecule has 0 radical (unpaired) electrons. The molecule has 4 aromatic rings. The first-order valence-corrected chi connectivity index (χ1v) is 29.1.